The van der Waals surface area contributed by atoms with E-state index in [1.807, 2.05) is 0 Å². The average molecular weight is 1450 g/mol. The molecule has 0 spiro atoms. The fourth-order valence-electron chi connectivity index (χ4n) is 11.7. The standard InChI is InChI=1S/C80H152O17P2/c1-8-11-12-13-14-15-16-17-18-22-27-32-40-47-54-61-77(82)90-67-75(96-79(84)63-56-49-42-33-28-23-20-19-21-26-31-38-45-52-59-72(6)9-2)69-94-98(86,87)92-65-74(81)66-93-99(88,89)95-70-76(68-91-78(83)62-55-48-41-36-35-39-46-53-60-73(7)10-3)97-80(85)64-57-50-43-34-29-24-25-30-37-44-51-58-71(4)5/h15-18,71-76,81H,8-14,19-70H2,1-7H3,(H,86,87)(H,88,89)/b16-15-,18-17-/t72?,73?,74-,75-,76-/m1/s1. The summed E-state index contributed by atoms with van der Waals surface area (Å²) in [5, 5.41) is 10.6. The first-order valence-corrected chi connectivity index (χ1v) is 43.7. The summed E-state index contributed by atoms with van der Waals surface area (Å²) in [7, 11) is -9.93. The van der Waals surface area contributed by atoms with Crippen molar-refractivity contribution in [3.05, 3.63) is 24.3 Å². The molecule has 584 valence electrons. The number of ether oxygens (including phenoxy) is 4. The SMILES string of the molecule is CCCCCC/C=C\C=C/CCCCCCCC(=O)OC[C@H](COP(=O)(O)OC[C@@H](O)COP(=O)(O)OC[C@@H](COC(=O)CCCCCCCCCCC(C)CC)OC(=O)CCCCCCCCCCCCCC(C)C)OC(=O)CCCCCCCCCCCCCCCCC(C)CC. The van der Waals surface area contributed by atoms with Gasteiger partial charge in [0.25, 0.3) is 0 Å². The second-order valence-corrected chi connectivity index (χ2v) is 32.0. The molecule has 0 bridgehead atoms. The molecule has 0 aliphatic carbocycles. The predicted octanol–water partition coefficient (Wildman–Crippen LogP) is 23.3. The van der Waals surface area contributed by atoms with Crippen LogP contribution in [0.2, 0.25) is 0 Å². The number of hydrogen-bond acceptors (Lipinski definition) is 15. The van der Waals surface area contributed by atoms with Crippen molar-refractivity contribution >= 4 is 39.5 Å². The number of esters is 4. The molecule has 0 amide bonds. The van der Waals surface area contributed by atoms with E-state index in [0.717, 1.165) is 127 Å². The molecule has 4 unspecified atom stereocenters. The molecule has 0 rings (SSSR count). The molecule has 0 aromatic carbocycles. The number of allylic oxidation sites excluding steroid dienone is 4. The van der Waals surface area contributed by atoms with Gasteiger partial charge >= 0.3 is 39.5 Å². The molecule has 0 aliphatic heterocycles. The van der Waals surface area contributed by atoms with Gasteiger partial charge in [-0.25, -0.2) is 9.13 Å². The van der Waals surface area contributed by atoms with E-state index in [4.69, 9.17) is 37.0 Å². The Morgan fingerprint density at radius 3 is 0.899 bits per heavy atom. The molecule has 0 heterocycles. The van der Waals surface area contributed by atoms with Crippen molar-refractivity contribution in [2.24, 2.45) is 17.8 Å². The third kappa shape index (κ3) is 71.0. The van der Waals surface area contributed by atoms with E-state index in [-0.39, 0.29) is 25.7 Å². The zero-order valence-corrected chi connectivity index (χ0v) is 66.2. The Balaban J connectivity index is 5.31. The number of aliphatic hydroxyl groups excluding tert-OH is 1. The van der Waals surface area contributed by atoms with E-state index in [9.17, 15) is 43.2 Å². The zero-order chi connectivity index (χ0) is 73.0. The zero-order valence-electron chi connectivity index (χ0n) is 64.4. The summed E-state index contributed by atoms with van der Waals surface area (Å²) >= 11 is 0. The number of carbonyl (C=O) groups is 4. The molecule has 0 fully saturated rings. The van der Waals surface area contributed by atoms with Crippen LogP contribution in [0.15, 0.2) is 24.3 Å². The molecular formula is C80H152O17P2. The number of rotatable bonds is 76. The lowest BCUT2D eigenvalue weighted by atomic mass is 9.99. The molecule has 19 heteroatoms. The Labute approximate surface area is 605 Å². The van der Waals surface area contributed by atoms with Gasteiger partial charge in [0.05, 0.1) is 26.4 Å². The molecule has 0 aromatic heterocycles. The van der Waals surface area contributed by atoms with Crippen LogP contribution in [0.25, 0.3) is 0 Å². The lowest BCUT2D eigenvalue weighted by Crippen LogP contribution is -2.30. The van der Waals surface area contributed by atoms with Crippen molar-refractivity contribution in [1.82, 2.24) is 0 Å². The third-order valence-corrected chi connectivity index (χ3v) is 20.6. The Hall–Kier alpha value is -2.46. The average Bonchev–Trinajstić information content (AvgIpc) is 1.03. The molecule has 0 aliphatic rings. The highest BCUT2D eigenvalue weighted by Crippen LogP contribution is 2.45. The van der Waals surface area contributed by atoms with Crippen LogP contribution >= 0.6 is 15.6 Å². The lowest BCUT2D eigenvalue weighted by molar-refractivity contribution is -0.161. The topological polar surface area (TPSA) is 237 Å². The Kier molecular flexibility index (Phi) is 68.1. The number of unbranched alkanes of at least 4 members (excludes halogenated alkanes) is 39. The first-order chi connectivity index (χ1) is 47.8. The van der Waals surface area contributed by atoms with Crippen molar-refractivity contribution in [2.45, 2.75) is 407 Å². The van der Waals surface area contributed by atoms with Gasteiger partial charge < -0.3 is 33.8 Å². The maximum atomic E-state index is 13.1. The highest BCUT2D eigenvalue weighted by Gasteiger charge is 2.30. The highest BCUT2D eigenvalue weighted by molar-refractivity contribution is 7.47. The van der Waals surface area contributed by atoms with Crippen molar-refractivity contribution in [3.63, 3.8) is 0 Å². The molecule has 0 radical (unpaired) electrons. The quantitative estimate of drug-likeness (QED) is 0.0169. The molecule has 17 nitrogen and oxygen atoms in total. The van der Waals surface area contributed by atoms with E-state index in [1.165, 1.54) is 180 Å². The van der Waals surface area contributed by atoms with E-state index in [0.29, 0.717) is 25.7 Å². The van der Waals surface area contributed by atoms with Crippen LogP contribution in [-0.4, -0.2) is 96.7 Å². The van der Waals surface area contributed by atoms with Gasteiger partial charge in [-0.3, -0.25) is 37.3 Å². The summed E-state index contributed by atoms with van der Waals surface area (Å²) in [4.78, 5) is 73.0. The summed E-state index contributed by atoms with van der Waals surface area (Å²) in [5.41, 5.74) is 0. The Morgan fingerprint density at radius 2 is 0.596 bits per heavy atom. The summed E-state index contributed by atoms with van der Waals surface area (Å²) in [6, 6.07) is 0. The minimum atomic E-state index is -4.97. The van der Waals surface area contributed by atoms with Crippen molar-refractivity contribution in [2.75, 3.05) is 39.6 Å². The van der Waals surface area contributed by atoms with Gasteiger partial charge in [0.2, 0.25) is 0 Å². The van der Waals surface area contributed by atoms with Gasteiger partial charge in [0.15, 0.2) is 12.2 Å². The van der Waals surface area contributed by atoms with Crippen LogP contribution in [0.5, 0.6) is 0 Å². The monoisotopic (exact) mass is 1450 g/mol. The Bertz CT molecular complexity index is 2020. The first kappa shape index (κ1) is 96.5. The van der Waals surface area contributed by atoms with Crippen LogP contribution in [0.1, 0.15) is 389 Å². The summed E-state index contributed by atoms with van der Waals surface area (Å²) < 4.78 is 68.7. The van der Waals surface area contributed by atoms with E-state index in [2.05, 4.69) is 72.8 Å². The van der Waals surface area contributed by atoms with Gasteiger partial charge in [-0.1, -0.05) is 336 Å². The van der Waals surface area contributed by atoms with Crippen LogP contribution in [0.3, 0.4) is 0 Å². The van der Waals surface area contributed by atoms with Gasteiger partial charge in [-0.2, -0.15) is 0 Å². The molecular weight excluding hydrogens is 1290 g/mol. The lowest BCUT2D eigenvalue weighted by Gasteiger charge is -2.21. The molecule has 99 heavy (non-hydrogen) atoms. The second-order valence-electron chi connectivity index (χ2n) is 29.1. The molecule has 3 N–H and O–H groups in total. The van der Waals surface area contributed by atoms with Gasteiger partial charge in [0, 0.05) is 25.7 Å². The third-order valence-electron chi connectivity index (χ3n) is 18.7. The fraction of sp³-hybridized carbons (Fsp3) is 0.900. The normalized spacial score (nSPS) is 14.7. The number of phosphoric acid groups is 2. The predicted molar refractivity (Wildman–Crippen MR) is 404 cm³/mol. The van der Waals surface area contributed by atoms with Crippen LogP contribution in [-0.2, 0) is 65.4 Å². The smallest absolute Gasteiger partial charge is 0.462 e. The second kappa shape index (κ2) is 69.9. The van der Waals surface area contributed by atoms with E-state index >= 15 is 0 Å². The molecule has 0 saturated heterocycles. The first-order valence-electron chi connectivity index (χ1n) is 40.7. The number of aliphatic hydroxyl groups is 1. The summed E-state index contributed by atoms with van der Waals surface area (Å²) in [6.45, 7) is 11.9. The minimum absolute atomic E-state index is 0.100. The largest absolute Gasteiger partial charge is 0.472 e. The van der Waals surface area contributed by atoms with E-state index < -0.39 is 97.5 Å². The van der Waals surface area contributed by atoms with Crippen molar-refractivity contribution in [3.8, 4) is 0 Å². The van der Waals surface area contributed by atoms with Crippen molar-refractivity contribution in [1.29, 1.82) is 0 Å². The van der Waals surface area contributed by atoms with Crippen LogP contribution < -0.4 is 0 Å². The highest BCUT2D eigenvalue weighted by atomic mass is 31.2. The number of phosphoric ester groups is 2. The fourth-order valence-corrected chi connectivity index (χ4v) is 13.3. The maximum absolute atomic E-state index is 13.1. The maximum Gasteiger partial charge on any atom is 0.472 e. The van der Waals surface area contributed by atoms with Gasteiger partial charge in [0.1, 0.15) is 19.3 Å². The van der Waals surface area contributed by atoms with Crippen LogP contribution in [0, 0.1) is 17.8 Å². The van der Waals surface area contributed by atoms with Crippen molar-refractivity contribution < 1.29 is 80.2 Å². The van der Waals surface area contributed by atoms with E-state index in [1.54, 1.807) is 0 Å². The van der Waals surface area contributed by atoms with Crippen LogP contribution in [0.4, 0.5) is 0 Å². The van der Waals surface area contributed by atoms with Gasteiger partial charge in [-0.05, 0) is 69.1 Å². The number of carbonyl (C=O) groups excluding carboxylic acids is 4. The molecule has 0 aromatic rings. The molecule has 0 saturated carbocycles. The summed E-state index contributed by atoms with van der Waals surface area (Å²) in [5.74, 6) is 0.241. The van der Waals surface area contributed by atoms with Gasteiger partial charge in [-0.15, -0.1) is 0 Å². The number of hydrogen-bond donors (Lipinski definition) is 3. The summed E-state index contributed by atoms with van der Waals surface area (Å²) in [6.07, 6.45) is 60.3. The Morgan fingerprint density at radius 1 is 0.333 bits per heavy atom. The molecule has 7 atom stereocenters. The minimum Gasteiger partial charge on any atom is -0.462 e.